The fourth-order valence-corrected chi connectivity index (χ4v) is 2.63. The first-order valence-corrected chi connectivity index (χ1v) is 9.89. The van der Waals surface area contributed by atoms with Crippen molar-refractivity contribution < 1.29 is 32.3 Å². The number of methoxy groups -OCH3 is 3. The summed E-state index contributed by atoms with van der Waals surface area (Å²) in [6.07, 6.45) is -4.36. The van der Waals surface area contributed by atoms with Crippen molar-refractivity contribution in [2.75, 3.05) is 38.5 Å². The number of nitro benzene ring substituents is 1. The van der Waals surface area contributed by atoms with E-state index < -0.39 is 16.7 Å². The Kier molecular flexibility index (Phi) is 10.8. The molecule has 0 amide bonds. The molecule has 0 unspecified atom stereocenters. The van der Waals surface area contributed by atoms with Crippen LogP contribution >= 0.6 is 11.6 Å². The van der Waals surface area contributed by atoms with Gasteiger partial charge >= 0.3 is 6.18 Å². The van der Waals surface area contributed by atoms with Crippen molar-refractivity contribution in [1.82, 2.24) is 0 Å². The number of alkyl halides is 3. The van der Waals surface area contributed by atoms with Gasteiger partial charge in [0, 0.05) is 17.2 Å². The highest BCUT2D eigenvalue weighted by Gasteiger charge is 2.30. The molecule has 0 saturated heterocycles. The Balaban J connectivity index is 0.000000265. The van der Waals surface area contributed by atoms with Gasteiger partial charge in [-0.05, 0) is 42.5 Å². The summed E-state index contributed by atoms with van der Waals surface area (Å²) >= 11 is 5.64. The van der Waals surface area contributed by atoms with Crippen molar-refractivity contribution in [3.05, 3.63) is 75.3 Å². The van der Waals surface area contributed by atoms with E-state index in [9.17, 15) is 23.3 Å². The third kappa shape index (κ3) is 9.01. The molecule has 3 aromatic rings. The number of non-ortho nitro benzene ring substituents is 1. The highest BCUT2D eigenvalue weighted by molar-refractivity contribution is 6.30. The van der Waals surface area contributed by atoms with E-state index in [1.807, 2.05) is 0 Å². The van der Waals surface area contributed by atoms with Gasteiger partial charge in [0.05, 0.1) is 48.9 Å². The predicted octanol–water partition coefficient (Wildman–Crippen LogP) is 5.41. The molecule has 3 rings (SSSR count). The average molecular weight is 517 g/mol. The van der Waals surface area contributed by atoms with Gasteiger partial charge in [0.1, 0.15) is 17.2 Å². The maximum Gasteiger partial charge on any atom is 0.416 e. The number of halogens is 4. The summed E-state index contributed by atoms with van der Waals surface area (Å²) in [4.78, 5) is 9.76. The van der Waals surface area contributed by atoms with Gasteiger partial charge in [0.2, 0.25) is 0 Å². The zero-order valence-corrected chi connectivity index (χ0v) is 19.7. The summed E-state index contributed by atoms with van der Waals surface area (Å²) < 4.78 is 50.8. The highest BCUT2D eigenvalue weighted by atomic mass is 35.5. The van der Waals surface area contributed by atoms with Crippen LogP contribution < -0.4 is 31.4 Å². The molecular weight excluding hydrogens is 493 g/mol. The lowest BCUT2D eigenvalue weighted by Gasteiger charge is -2.09. The number of benzene rings is 3. The molecule has 35 heavy (non-hydrogen) atoms. The van der Waals surface area contributed by atoms with Crippen molar-refractivity contribution in [1.29, 1.82) is 0 Å². The van der Waals surface area contributed by atoms with E-state index in [4.69, 9.17) is 43.0 Å². The Bertz CT molecular complexity index is 1150. The molecule has 0 heterocycles. The van der Waals surface area contributed by atoms with E-state index in [1.54, 1.807) is 25.3 Å². The average Bonchev–Trinajstić information content (AvgIpc) is 2.79. The first kappa shape index (κ1) is 29.0. The third-order valence-corrected chi connectivity index (χ3v) is 4.41. The molecule has 0 spiro atoms. The Labute approximate surface area is 204 Å². The van der Waals surface area contributed by atoms with Crippen molar-refractivity contribution in [3.63, 3.8) is 0 Å². The number of nitro groups is 1. The zero-order valence-electron chi connectivity index (χ0n) is 18.9. The van der Waals surface area contributed by atoms with Crippen molar-refractivity contribution in [2.24, 2.45) is 0 Å². The van der Waals surface area contributed by atoms with E-state index >= 15 is 0 Å². The van der Waals surface area contributed by atoms with Gasteiger partial charge in [-0.3, -0.25) is 10.1 Å². The van der Waals surface area contributed by atoms with Gasteiger partial charge in [0.25, 0.3) is 5.69 Å². The zero-order chi connectivity index (χ0) is 26.8. The Morgan fingerprint density at radius 2 is 1.20 bits per heavy atom. The van der Waals surface area contributed by atoms with Gasteiger partial charge in [-0.25, -0.2) is 0 Å². The number of nitrogens with two attached hydrogens (primary N) is 3. The van der Waals surface area contributed by atoms with Gasteiger partial charge < -0.3 is 31.4 Å². The lowest BCUT2D eigenvalue weighted by atomic mass is 10.2. The van der Waals surface area contributed by atoms with Crippen molar-refractivity contribution in [3.8, 4) is 17.2 Å². The van der Waals surface area contributed by atoms with Crippen LogP contribution in [0.5, 0.6) is 17.2 Å². The first-order valence-electron chi connectivity index (χ1n) is 9.51. The van der Waals surface area contributed by atoms with Crippen LogP contribution in [0.4, 0.5) is 35.9 Å². The second-order valence-corrected chi connectivity index (χ2v) is 6.96. The van der Waals surface area contributed by atoms with Crippen LogP contribution in [0.1, 0.15) is 5.56 Å². The van der Waals surface area contributed by atoms with Crippen molar-refractivity contribution >= 4 is 34.4 Å². The molecule has 0 fully saturated rings. The molecule has 9 nitrogen and oxygen atoms in total. The fourth-order valence-electron chi connectivity index (χ4n) is 2.45. The van der Waals surface area contributed by atoms with Gasteiger partial charge in [0.15, 0.2) is 0 Å². The molecule has 6 N–H and O–H groups in total. The molecule has 190 valence electrons. The maximum atomic E-state index is 12.1. The Morgan fingerprint density at radius 3 is 1.57 bits per heavy atom. The minimum absolute atomic E-state index is 0.0164. The largest absolute Gasteiger partial charge is 0.495 e. The first-order chi connectivity index (χ1) is 16.3. The van der Waals surface area contributed by atoms with E-state index in [0.29, 0.717) is 22.2 Å². The molecule has 0 aromatic heterocycles. The molecule has 3 aromatic carbocycles. The number of anilines is 3. The molecule has 0 saturated carbocycles. The van der Waals surface area contributed by atoms with Gasteiger partial charge in [-0.2, -0.15) is 13.2 Å². The second-order valence-electron chi connectivity index (χ2n) is 6.52. The minimum atomic E-state index is -4.36. The van der Waals surface area contributed by atoms with Crippen LogP contribution in [-0.4, -0.2) is 26.3 Å². The molecule has 0 aliphatic rings. The number of nitrogens with zero attached hydrogens (tertiary/aromatic N) is 1. The van der Waals surface area contributed by atoms with Crippen molar-refractivity contribution in [2.45, 2.75) is 6.18 Å². The number of ether oxygens (including phenoxy) is 3. The van der Waals surface area contributed by atoms with Crippen LogP contribution in [0, 0.1) is 10.1 Å². The predicted molar refractivity (Wildman–Crippen MR) is 129 cm³/mol. The Morgan fingerprint density at radius 1 is 0.771 bits per heavy atom. The molecule has 0 aliphatic heterocycles. The van der Waals surface area contributed by atoms with E-state index in [2.05, 4.69) is 0 Å². The second kappa shape index (κ2) is 13.0. The summed E-state index contributed by atoms with van der Waals surface area (Å²) in [6, 6.07) is 12.2. The lowest BCUT2D eigenvalue weighted by molar-refractivity contribution is -0.384. The number of rotatable bonds is 4. The number of nitrogen functional groups attached to an aromatic ring is 3. The summed E-state index contributed by atoms with van der Waals surface area (Å²) in [6.45, 7) is 0. The highest BCUT2D eigenvalue weighted by Crippen LogP contribution is 2.33. The van der Waals surface area contributed by atoms with Gasteiger partial charge in [-0.1, -0.05) is 11.6 Å². The van der Waals surface area contributed by atoms with E-state index in [0.717, 1.165) is 12.1 Å². The molecule has 0 aliphatic carbocycles. The van der Waals surface area contributed by atoms with Crippen LogP contribution in [0.2, 0.25) is 5.02 Å². The van der Waals surface area contributed by atoms with Crippen LogP contribution in [-0.2, 0) is 6.18 Å². The minimum Gasteiger partial charge on any atom is -0.495 e. The molecule has 0 bridgehead atoms. The van der Waals surface area contributed by atoms with E-state index in [-0.39, 0.29) is 22.8 Å². The summed E-state index contributed by atoms with van der Waals surface area (Å²) in [7, 11) is 4.37. The SMILES string of the molecule is COc1ccc(C(F)(F)F)cc1N.COc1ccc(Cl)cc1N.COc1ccc([N+](=O)[O-])cc1N. The monoisotopic (exact) mass is 516 g/mol. The molecule has 13 heteroatoms. The molecule has 0 radical (unpaired) electrons. The lowest BCUT2D eigenvalue weighted by Crippen LogP contribution is -2.05. The molecular formula is C22H24ClF3N4O5. The summed E-state index contributed by atoms with van der Waals surface area (Å²) in [5.74, 6) is 1.35. The standard InChI is InChI=1S/C8H8F3NO.C7H8ClNO.C7H8N2O3/c1-13-7-3-2-5(4-6(7)12)8(9,10)11;1-10-7-3-2-5(8)4-6(7)9;1-12-7-3-2-5(9(10)11)4-6(7)8/h2-4H,12H2,1H3;2-4H,9H2,1H3;2-4H,8H2,1H3. The number of hydrogen-bond acceptors (Lipinski definition) is 8. The van der Waals surface area contributed by atoms with Gasteiger partial charge in [-0.15, -0.1) is 0 Å². The quantitative estimate of drug-likeness (QED) is 0.236. The van der Waals surface area contributed by atoms with Crippen LogP contribution in [0.15, 0.2) is 54.6 Å². The topological polar surface area (TPSA) is 149 Å². The van der Waals surface area contributed by atoms with Crippen LogP contribution in [0.3, 0.4) is 0 Å². The smallest absolute Gasteiger partial charge is 0.416 e. The van der Waals surface area contributed by atoms with E-state index in [1.165, 1.54) is 38.5 Å². The summed E-state index contributed by atoms with van der Waals surface area (Å²) in [5.41, 5.74) is 16.3. The fraction of sp³-hybridized carbons (Fsp3) is 0.182. The maximum absolute atomic E-state index is 12.1. The van der Waals surface area contributed by atoms with Crippen LogP contribution in [0.25, 0.3) is 0 Å². The Hall–Kier alpha value is -4.06. The normalized spacial score (nSPS) is 10.1. The summed E-state index contributed by atoms with van der Waals surface area (Å²) in [5, 5.41) is 10.9. The number of hydrogen-bond donors (Lipinski definition) is 3. The third-order valence-electron chi connectivity index (χ3n) is 4.17. The molecule has 0 atom stereocenters.